The second-order valence-electron chi connectivity index (χ2n) is 4.56. The summed E-state index contributed by atoms with van der Waals surface area (Å²) in [4.78, 5) is 15.4. The van der Waals surface area contributed by atoms with Crippen LogP contribution in [0.4, 0.5) is 11.4 Å². The zero-order chi connectivity index (χ0) is 13.1. The molecule has 1 aromatic rings. The number of hydrogen-bond acceptors (Lipinski definition) is 4. The normalized spacial score (nSPS) is 15.2. The number of hydrogen-bond donors (Lipinski definition) is 2. The number of fused-ring (bicyclic) bond motifs is 1. The van der Waals surface area contributed by atoms with E-state index in [4.69, 9.17) is 10.8 Å². The number of carboxylic acid groups (broad SMARTS) is 1. The van der Waals surface area contributed by atoms with Crippen molar-refractivity contribution < 1.29 is 9.90 Å². The highest BCUT2D eigenvalue weighted by Gasteiger charge is 2.19. The van der Waals surface area contributed by atoms with Gasteiger partial charge in [-0.2, -0.15) is 0 Å². The van der Waals surface area contributed by atoms with Crippen molar-refractivity contribution in [1.29, 1.82) is 0 Å². The molecule has 0 unspecified atom stereocenters. The molecule has 5 nitrogen and oxygen atoms in total. The van der Waals surface area contributed by atoms with Crippen LogP contribution in [0.15, 0.2) is 18.2 Å². The van der Waals surface area contributed by atoms with E-state index in [1.54, 1.807) is 12.1 Å². The van der Waals surface area contributed by atoms with Crippen molar-refractivity contribution in [1.82, 2.24) is 0 Å². The highest BCUT2D eigenvalue weighted by atomic mass is 16.4. The van der Waals surface area contributed by atoms with Gasteiger partial charge in [0.15, 0.2) is 0 Å². The van der Waals surface area contributed by atoms with Crippen molar-refractivity contribution in [2.75, 3.05) is 43.0 Å². The fraction of sp³-hybridized carbons (Fsp3) is 0.462. The SMILES string of the molecule is CN1CCCN(CCN)c2cc(C(=O)O)ccc21. The predicted octanol–water partition coefficient (Wildman–Crippen LogP) is 0.990. The lowest BCUT2D eigenvalue weighted by Crippen LogP contribution is -2.30. The quantitative estimate of drug-likeness (QED) is 0.836. The van der Waals surface area contributed by atoms with Gasteiger partial charge < -0.3 is 20.6 Å². The molecule has 0 radical (unpaired) electrons. The van der Waals surface area contributed by atoms with Gasteiger partial charge in [-0.3, -0.25) is 0 Å². The smallest absolute Gasteiger partial charge is 0.335 e. The number of aromatic carboxylic acids is 1. The molecule has 1 heterocycles. The molecule has 2 rings (SSSR count). The molecule has 0 amide bonds. The van der Waals surface area contributed by atoms with Crippen LogP contribution in [0.3, 0.4) is 0 Å². The molecule has 98 valence electrons. The average molecular weight is 249 g/mol. The Morgan fingerprint density at radius 3 is 2.83 bits per heavy atom. The molecule has 0 aliphatic carbocycles. The summed E-state index contributed by atoms with van der Waals surface area (Å²) in [6, 6.07) is 5.28. The first-order valence-corrected chi connectivity index (χ1v) is 6.17. The lowest BCUT2D eigenvalue weighted by atomic mass is 10.1. The Bertz CT molecular complexity index is 448. The average Bonchev–Trinajstić information content (AvgIpc) is 2.50. The van der Waals surface area contributed by atoms with E-state index in [9.17, 15) is 4.79 Å². The molecule has 1 aromatic carbocycles. The zero-order valence-electron chi connectivity index (χ0n) is 10.6. The molecule has 1 aliphatic rings. The lowest BCUT2D eigenvalue weighted by molar-refractivity contribution is 0.0697. The topological polar surface area (TPSA) is 69.8 Å². The number of nitrogens with zero attached hydrogens (tertiary/aromatic N) is 2. The van der Waals surface area contributed by atoms with Gasteiger partial charge in [0, 0.05) is 33.2 Å². The van der Waals surface area contributed by atoms with Crippen LogP contribution in [-0.2, 0) is 0 Å². The summed E-state index contributed by atoms with van der Waals surface area (Å²) in [5, 5.41) is 9.08. The molecule has 0 bridgehead atoms. The van der Waals surface area contributed by atoms with Gasteiger partial charge in [-0.15, -0.1) is 0 Å². The van der Waals surface area contributed by atoms with E-state index in [2.05, 4.69) is 9.80 Å². The highest BCUT2D eigenvalue weighted by molar-refractivity contribution is 5.91. The molecule has 0 spiro atoms. The van der Waals surface area contributed by atoms with Gasteiger partial charge in [-0.25, -0.2) is 4.79 Å². The van der Waals surface area contributed by atoms with E-state index in [1.165, 1.54) is 0 Å². The van der Waals surface area contributed by atoms with Gasteiger partial charge in [-0.05, 0) is 24.6 Å². The molecule has 0 atom stereocenters. The number of carbonyl (C=O) groups is 1. The molecular formula is C13H19N3O2. The first-order chi connectivity index (χ1) is 8.63. The van der Waals surface area contributed by atoms with Crippen LogP contribution in [0.2, 0.25) is 0 Å². The first-order valence-electron chi connectivity index (χ1n) is 6.17. The predicted molar refractivity (Wildman–Crippen MR) is 72.6 cm³/mol. The Kier molecular flexibility index (Phi) is 3.72. The molecule has 3 N–H and O–H groups in total. The standard InChI is InChI=1S/C13H19N3O2/c1-15-6-2-7-16(8-5-14)12-9-10(13(17)18)3-4-11(12)15/h3-4,9H,2,5-8,14H2,1H3,(H,17,18). The molecule has 18 heavy (non-hydrogen) atoms. The van der Waals surface area contributed by atoms with Crippen molar-refractivity contribution in [3.63, 3.8) is 0 Å². The summed E-state index contributed by atoms with van der Waals surface area (Å²) in [6.45, 7) is 3.21. The monoisotopic (exact) mass is 249 g/mol. The summed E-state index contributed by atoms with van der Waals surface area (Å²) in [5.74, 6) is -0.891. The van der Waals surface area contributed by atoms with Gasteiger partial charge in [-0.1, -0.05) is 0 Å². The zero-order valence-corrected chi connectivity index (χ0v) is 10.6. The minimum Gasteiger partial charge on any atom is -0.478 e. The Morgan fingerprint density at radius 2 is 2.17 bits per heavy atom. The molecule has 1 aliphatic heterocycles. The molecule has 0 saturated carbocycles. The van der Waals surface area contributed by atoms with Crippen LogP contribution in [0, 0.1) is 0 Å². The molecule has 5 heteroatoms. The van der Waals surface area contributed by atoms with E-state index < -0.39 is 5.97 Å². The van der Waals surface area contributed by atoms with E-state index in [0.29, 0.717) is 12.1 Å². The number of rotatable bonds is 3. The molecule has 0 saturated heterocycles. The van der Waals surface area contributed by atoms with Gasteiger partial charge in [0.1, 0.15) is 0 Å². The van der Waals surface area contributed by atoms with Crippen molar-refractivity contribution in [3.8, 4) is 0 Å². The minimum atomic E-state index is -0.891. The Balaban J connectivity index is 2.45. The third-order valence-corrected chi connectivity index (χ3v) is 3.29. The van der Waals surface area contributed by atoms with Crippen molar-refractivity contribution in [2.45, 2.75) is 6.42 Å². The third kappa shape index (κ3) is 2.41. The summed E-state index contributed by atoms with van der Waals surface area (Å²) in [7, 11) is 2.03. The Morgan fingerprint density at radius 1 is 1.39 bits per heavy atom. The number of benzene rings is 1. The Labute approximate surface area is 107 Å². The van der Waals surface area contributed by atoms with E-state index in [-0.39, 0.29) is 0 Å². The van der Waals surface area contributed by atoms with Crippen molar-refractivity contribution in [3.05, 3.63) is 23.8 Å². The van der Waals surface area contributed by atoms with Crippen molar-refractivity contribution in [2.24, 2.45) is 5.73 Å². The van der Waals surface area contributed by atoms with Crippen LogP contribution in [0.25, 0.3) is 0 Å². The van der Waals surface area contributed by atoms with E-state index in [1.807, 2.05) is 13.1 Å². The third-order valence-electron chi connectivity index (χ3n) is 3.29. The number of nitrogens with two attached hydrogens (primary N) is 1. The molecule has 0 fully saturated rings. The highest BCUT2D eigenvalue weighted by Crippen LogP contribution is 2.32. The maximum absolute atomic E-state index is 11.1. The van der Waals surface area contributed by atoms with Gasteiger partial charge in [0.25, 0.3) is 0 Å². The van der Waals surface area contributed by atoms with Crippen LogP contribution in [-0.4, -0.2) is 44.3 Å². The largest absolute Gasteiger partial charge is 0.478 e. The second-order valence-corrected chi connectivity index (χ2v) is 4.56. The maximum Gasteiger partial charge on any atom is 0.335 e. The van der Waals surface area contributed by atoms with Crippen LogP contribution in [0.1, 0.15) is 16.8 Å². The molecule has 0 aromatic heterocycles. The van der Waals surface area contributed by atoms with Crippen molar-refractivity contribution >= 4 is 17.3 Å². The van der Waals surface area contributed by atoms with E-state index in [0.717, 1.165) is 37.4 Å². The van der Waals surface area contributed by atoms with Crippen LogP contribution in [0.5, 0.6) is 0 Å². The first kappa shape index (κ1) is 12.7. The van der Waals surface area contributed by atoms with Gasteiger partial charge >= 0.3 is 5.97 Å². The number of carboxylic acids is 1. The summed E-state index contributed by atoms with van der Waals surface area (Å²) >= 11 is 0. The molecular weight excluding hydrogens is 230 g/mol. The summed E-state index contributed by atoms with van der Waals surface area (Å²) < 4.78 is 0. The van der Waals surface area contributed by atoms with Gasteiger partial charge in [0.2, 0.25) is 0 Å². The van der Waals surface area contributed by atoms with Gasteiger partial charge in [0.05, 0.1) is 16.9 Å². The maximum atomic E-state index is 11.1. The minimum absolute atomic E-state index is 0.325. The lowest BCUT2D eigenvalue weighted by Gasteiger charge is -2.25. The second kappa shape index (κ2) is 5.27. The van der Waals surface area contributed by atoms with Crippen LogP contribution >= 0.6 is 0 Å². The number of anilines is 2. The Hall–Kier alpha value is -1.75. The van der Waals surface area contributed by atoms with E-state index >= 15 is 0 Å². The summed E-state index contributed by atoms with van der Waals surface area (Å²) in [6.07, 6.45) is 1.05. The fourth-order valence-corrected chi connectivity index (χ4v) is 2.36. The fourth-order valence-electron chi connectivity index (χ4n) is 2.36. The van der Waals surface area contributed by atoms with Crippen LogP contribution < -0.4 is 15.5 Å². The summed E-state index contributed by atoms with van der Waals surface area (Å²) in [5.41, 5.74) is 8.00.